The van der Waals surface area contributed by atoms with Crippen LogP contribution in [-0.2, 0) is 25.3 Å². The fourth-order valence-electron chi connectivity index (χ4n) is 3.44. The highest BCUT2D eigenvalue weighted by Gasteiger charge is 2.30. The Hall–Kier alpha value is -1.48. The summed E-state index contributed by atoms with van der Waals surface area (Å²) in [6.07, 6.45) is 3.18. The number of ether oxygens (including phenoxy) is 1. The number of esters is 1. The van der Waals surface area contributed by atoms with Crippen molar-refractivity contribution in [1.82, 2.24) is 14.5 Å². The van der Waals surface area contributed by atoms with Gasteiger partial charge in [0.2, 0.25) is 5.91 Å². The minimum absolute atomic E-state index is 0.00909. The van der Waals surface area contributed by atoms with Crippen molar-refractivity contribution in [3.8, 4) is 0 Å². The Labute approximate surface area is 187 Å². The molecule has 2 rings (SSSR count). The van der Waals surface area contributed by atoms with Gasteiger partial charge in [-0.1, -0.05) is 43.6 Å². The van der Waals surface area contributed by atoms with Gasteiger partial charge in [0, 0.05) is 36.5 Å². The quantitative estimate of drug-likeness (QED) is 0.605. The molecule has 2 unspecified atom stereocenters. The second kappa shape index (κ2) is 13.7. The third-order valence-electron chi connectivity index (χ3n) is 5.10. The second-order valence-electron chi connectivity index (χ2n) is 6.82. The molecule has 1 heterocycles. The Balaban J connectivity index is 0.00000218. The highest BCUT2D eigenvalue weighted by Crippen LogP contribution is 2.30. The van der Waals surface area contributed by atoms with E-state index in [2.05, 4.69) is 21.9 Å². The molecule has 1 saturated heterocycles. The number of carbonyl (C=O) groups is 2. The third kappa shape index (κ3) is 7.98. The van der Waals surface area contributed by atoms with Crippen LogP contribution in [-0.4, -0.2) is 70.9 Å². The first-order valence-corrected chi connectivity index (χ1v) is 12.1. The Kier molecular flexibility index (Phi) is 12.2. The van der Waals surface area contributed by atoms with Gasteiger partial charge in [-0.15, -0.1) is 0 Å². The molecule has 1 fully saturated rings. The number of amides is 1. The topological polar surface area (TPSA) is 79.0 Å². The zero-order valence-corrected chi connectivity index (χ0v) is 20.1. The fraction of sp³-hybridized carbons (Fsp3) is 0.619. The van der Waals surface area contributed by atoms with E-state index < -0.39 is 17.0 Å². The molecule has 0 bridgehead atoms. The Morgan fingerprint density at radius 1 is 1.30 bits per heavy atom. The summed E-state index contributed by atoms with van der Waals surface area (Å²) in [5.41, 5.74) is 1.10. The summed E-state index contributed by atoms with van der Waals surface area (Å²) in [5, 5.41) is 3.26. The van der Waals surface area contributed by atoms with Crippen molar-refractivity contribution in [1.29, 1.82) is 0 Å². The van der Waals surface area contributed by atoms with Crippen LogP contribution in [0.15, 0.2) is 24.3 Å². The molecule has 0 aromatic heterocycles. The molecule has 1 N–H and O–H groups in total. The molecule has 1 aromatic carbocycles. The van der Waals surface area contributed by atoms with Gasteiger partial charge >= 0.3 is 5.97 Å². The van der Waals surface area contributed by atoms with Gasteiger partial charge in [-0.2, -0.15) is 0 Å². The summed E-state index contributed by atoms with van der Waals surface area (Å²) in [6.45, 7) is 7.60. The van der Waals surface area contributed by atoms with Gasteiger partial charge < -0.3 is 10.1 Å². The summed E-state index contributed by atoms with van der Waals surface area (Å²) >= 11 is 6.33. The molecule has 1 aliphatic rings. The van der Waals surface area contributed by atoms with Crippen LogP contribution in [0.3, 0.4) is 0 Å². The van der Waals surface area contributed by atoms with Crippen molar-refractivity contribution >= 4 is 34.5 Å². The number of hydrogen-bond donors (Lipinski definition) is 1. The molecule has 2 atom stereocenters. The van der Waals surface area contributed by atoms with E-state index in [4.69, 9.17) is 11.6 Å². The van der Waals surface area contributed by atoms with Crippen LogP contribution in [0, 0.1) is 0 Å². The molecule has 1 aromatic rings. The molecule has 0 spiro atoms. The molecule has 7 nitrogen and oxygen atoms in total. The Morgan fingerprint density at radius 2 is 1.90 bits per heavy atom. The number of likely N-dealkylation sites (tertiary alicyclic amines) is 1. The fourth-order valence-corrected chi connectivity index (χ4v) is 4.67. The van der Waals surface area contributed by atoms with Crippen LogP contribution in [0.4, 0.5) is 0 Å². The summed E-state index contributed by atoms with van der Waals surface area (Å²) < 4.78 is 18.4. The lowest BCUT2D eigenvalue weighted by molar-refractivity contribution is -0.141. The van der Waals surface area contributed by atoms with Gasteiger partial charge in [-0.3, -0.25) is 14.5 Å². The molecule has 9 heteroatoms. The van der Waals surface area contributed by atoms with E-state index in [9.17, 15) is 13.8 Å². The zero-order chi connectivity index (χ0) is 22.7. The number of halogens is 1. The number of rotatable bonds is 8. The van der Waals surface area contributed by atoms with Crippen LogP contribution in [0.5, 0.6) is 0 Å². The lowest BCUT2D eigenvalue weighted by atomic mass is 10.00. The van der Waals surface area contributed by atoms with Crippen LogP contribution < -0.4 is 5.32 Å². The van der Waals surface area contributed by atoms with Crippen LogP contribution in [0.1, 0.15) is 45.2 Å². The molecule has 1 amide bonds. The number of benzene rings is 1. The maximum absolute atomic E-state index is 12.2. The lowest BCUT2D eigenvalue weighted by Crippen LogP contribution is -2.49. The summed E-state index contributed by atoms with van der Waals surface area (Å²) in [4.78, 5) is 25.6. The first-order valence-electron chi connectivity index (χ1n) is 10.3. The SMILES string of the molecule is CC.COC(=O)CNC(=O)CN(C1CCN(C(C)c2ccccc2Cl)CC1)S(C)=O. The van der Waals surface area contributed by atoms with E-state index in [0.717, 1.165) is 36.5 Å². The number of hydrogen-bond acceptors (Lipinski definition) is 5. The highest BCUT2D eigenvalue weighted by molar-refractivity contribution is 7.81. The third-order valence-corrected chi connectivity index (χ3v) is 6.53. The normalized spacial score (nSPS) is 16.9. The zero-order valence-electron chi connectivity index (χ0n) is 18.5. The number of piperidine rings is 1. The van der Waals surface area contributed by atoms with Crippen LogP contribution >= 0.6 is 11.6 Å². The standard InChI is InChI=1S/C19H28ClN3O4S.C2H6/c1-14(16-6-4-5-7-17(16)20)22-10-8-15(9-11-22)23(28(3)26)13-18(24)21-12-19(25)27-2;1-2/h4-7,14-15H,8-13H2,1-3H3,(H,21,24);1-2H3. The van der Waals surface area contributed by atoms with Crippen LogP contribution in [0.2, 0.25) is 5.02 Å². The van der Waals surface area contributed by atoms with Crippen molar-refractivity contribution in [3.63, 3.8) is 0 Å². The second-order valence-corrected chi connectivity index (χ2v) is 8.54. The van der Waals surface area contributed by atoms with E-state index in [1.165, 1.54) is 7.11 Å². The number of nitrogens with zero attached hydrogens (tertiary/aromatic N) is 2. The van der Waals surface area contributed by atoms with Gasteiger partial charge in [0.05, 0.1) is 24.6 Å². The maximum atomic E-state index is 12.2. The molecule has 0 aliphatic carbocycles. The summed E-state index contributed by atoms with van der Waals surface area (Å²) in [6, 6.07) is 8.08. The van der Waals surface area contributed by atoms with E-state index >= 15 is 0 Å². The van der Waals surface area contributed by atoms with E-state index in [-0.39, 0.29) is 31.1 Å². The van der Waals surface area contributed by atoms with Gasteiger partial charge in [0.1, 0.15) is 6.54 Å². The predicted octanol–water partition coefficient (Wildman–Crippen LogP) is 2.78. The lowest BCUT2D eigenvalue weighted by Gasteiger charge is -2.39. The van der Waals surface area contributed by atoms with Crippen molar-refractivity contribution in [2.45, 2.75) is 45.7 Å². The maximum Gasteiger partial charge on any atom is 0.325 e. The van der Waals surface area contributed by atoms with Crippen molar-refractivity contribution in [2.75, 3.05) is 39.5 Å². The minimum Gasteiger partial charge on any atom is -0.468 e. The monoisotopic (exact) mass is 459 g/mol. The van der Waals surface area contributed by atoms with E-state index in [0.29, 0.717) is 0 Å². The molecular formula is C21H34ClN3O4S. The molecule has 1 aliphatic heterocycles. The molecule has 30 heavy (non-hydrogen) atoms. The van der Waals surface area contributed by atoms with E-state index in [1.54, 1.807) is 10.6 Å². The summed E-state index contributed by atoms with van der Waals surface area (Å²) in [7, 11) is -0.0193. The first-order chi connectivity index (χ1) is 14.3. The van der Waals surface area contributed by atoms with Crippen molar-refractivity contribution in [3.05, 3.63) is 34.9 Å². The van der Waals surface area contributed by atoms with Gasteiger partial charge in [0.25, 0.3) is 0 Å². The van der Waals surface area contributed by atoms with Crippen LogP contribution in [0.25, 0.3) is 0 Å². The van der Waals surface area contributed by atoms with Crippen molar-refractivity contribution < 1.29 is 18.5 Å². The highest BCUT2D eigenvalue weighted by atomic mass is 35.5. The Bertz CT molecular complexity index is 711. The Morgan fingerprint density at radius 3 is 2.43 bits per heavy atom. The minimum atomic E-state index is -1.28. The predicted molar refractivity (Wildman–Crippen MR) is 122 cm³/mol. The molecule has 0 saturated carbocycles. The number of nitrogens with one attached hydrogen (secondary N) is 1. The average molecular weight is 460 g/mol. The molecule has 170 valence electrons. The first kappa shape index (κ1) is 26.6. The summed E-state index contributed by atoms with van der Waals surface area (Å²) in [5.74, 6) is -0.855. The average Bonchev–Trinajstić information content (AvgIpc) is 2.77. The van der Waals surface area contributed by atoms with Crippen molar-refractivity contribution in [2.24, 2.45) is 0 Å². The van der Waals surface area contributed by atoms with Gasteiger partial charge in [0.15, 0.2) is 0 Å². The van der Waals surface area contributed by atoms with Gasteiger partial charge in [-0.25, -0.2) is 8.51 Å². The van der Waals surface area contributed by atoms with E-state index in [1.807, 2.05) is 38.1 Å². The van der Waals surface area contributed by atoms with Gasteiger partial charge in [-0.05, 0) is 31.4 Å². The number of carbonyl (C=O) groups excluding carboxylic acids is 2. The molecular weight excluding hydrogens is 426 g/mol. The number of methoxy groups -OCH3 is 1. The molecule has 0 radical (unpaired) electrons. The largest absolute Gasteiger partial charge is 0.468 e. The smallest absolute Gasteiger partial charge is 0.325 e.